The van der Waals surface area contributed by atoms with E-state index in [4.69, 9.17) is 5.11 Å². The Bertz CT molecular complexity index is 313. The van der Waals surface area contributed by atoms with E-state index in [0.29, 0.717) is 0 Å². The Morgan fingerprint density at radius 1 is 1.46 bits per heavy atom. The van der Waals surface area contributed by atoms with E-state index in [0.717, 1.165) is 12.1 Å². The first-order chi connectivity index (χ1) is 5.88. The van der Waals surface area contributed by atoms with Crippen molar-refractivity contribution in [2.24, 2.45) is 0 Å². The van der Waals surface area contributed by atoms with Crippen LogP contribution in [-0.4, -0.2) is 17.3 Å². The fourth-order valence-corrected chi connectivity index (χ4v) is 0.785. The maximum Gasteiger partial charge on any atom is 0.396 e. The number of carboxylic acid groups (broad SMARTS) is 1. The highest BCUT2D eigenvalue weighted by atomic mass is 19.4. The summed E-state index contributed by atoms with van der Waals surface area (Å²) < 4.78 is 39.6. The molecular formula is C7H5F3O3. The molecule has 0 amide bonds. The Balaban J connectivity index is 2.75. The third kappa shape index (κ3) is 2.81. The summed E-state index contributed by atoms with van der Waals surface area (Å²) >= 11 is 0. The van der Waals surface area contributed by atoms with Crippen molar-refractivity contribution in [3.63, 3.8) is 0 Å². The van der Waals surface area contributed by atoms with E-state index in [1.54, 1.807) is 0 Å². The van der Waals surface area contributed by atoms with Crippen LogP contribution < -0.4 is 0 Å². The molecule has 3 nitrogen and oxygen atoms in total. The lowest BCUT2D eigenvalue weighted by Gasteiger charge is -2.01. The van der Waals surface area contributed by atoms with Gasteiger partial charge in [-0.3, -0.25) is 0 Å². The molecule has 0 aliphatic rings. The molecule has 0 fully saturated rings. The highest BCUT2D eigenvalue weighted by Gasteiger charge is 2.29. The van der Waals surface area contributed by atoms with E-state index in [1.807, 2.05) is 0 Å². The van der Waals surface area contributed by atoms with Crippen LogP contribution in [0.25, 0.3) is 0 Å². The lowest BCUT2D eigenvalue weighted by atomic mass is 10.3. The van der Waals surface area contributed by atoms with Gasteiger partial charge in [0.1, 0.15) is 12.2 Å². The lowest BCUT2D eigenvalue weighted by Crippen LogP contribution is -2.10. The number of halogens is 3. The van der Waals surface area contributed by atoms with Crippen LogP contribution >= 0.6 is 0 Å². The molecule has 0 atom stereocenters. The van der Waals surface area contributed by atoms with E-state index in [1.165, 1.54) is 0 Å². The summed E-state index contributed by atoms with van der Waals surface area (Å²) in [7, 11) is 0. The molecule has 0 aliphatic carbocycles. The smallest absolute Gasteiger partial charge is 0.396 e. The molecule has 0 saturated carbocycles. The third-order valence-corrected chi connectivity index (χ3v) is 1.25. The van der Waals surface area contributed by atoms with Gasteiger partial charge in [0, 0.05) is 0 Å². The summed E-state index contributed by atoms with van der Waals surface area (Å²) in [6, 6.07) is 1.99. The highest BCUT2D eigenvalue weighted by molar-refractivity contribution is 5.84. The van der Waals surface area contributed by atoms with Crippen molar-refractivity contribution in [2.45, 2.75) is 12.6 Å². The van der Waals surface area contributed by atoms with E-state index in [-0.39, 0.29) is 0 Å². The van der Waals surface area contributed by atoms with Gasteiger partial charge in [0.25, 0.3) is 0 Å². The number of rotatable bonds is 2. The summed E-state index contributed by atoms with van der Waals surface area (Å²) in [6.07, 6.45) is -5.63. The first-order valence-corrected chi connectivity index (χ1v) is 3.27. The van der Waals surface area contributed by atoms with Crippen LogP contribution in [0.5, 0.6) is 0 Å². The number of carbonyl (C=O) groups is 1. The Hall–Kier alpha value is -1.46. The minimum absolute atomic E-state index is 0.398. The van der Waals surface area contributed by atoms with Crippen LogP contribution in [-0.2, 0) is 6.42 Å². The fraction of sp³-hybridized carbons (Fsp3) is 0.286. The van der Waals surface area contributed by atoms with E-state index >= 15 is 0 Å². The topological polar surface area (TPSA) is 50.4 Å². The molecule has 1 aromatic heterocycles. The fourth-order valence-electron chi connectivity index (χ4n) is 0.785. The average molecular weight is 194 g/mol. The number of aromatic carboxylic acids is 1. The second-order valence-electron chi connectivity index (χ2n) is 2.36. The van der Waals surface area contributed by atoms with Gasteiger partial charge in [0.05, 0.1) is 0 Å². The Labute approximate surface area is 70.8 Å². The molecule has 0 radical (unpaired) electrons. The van der Waals surface area contributed by atoms with Crippen LogP contribution in [0.2, 0.25) is 0 Å². The molecule has 0 bridgehead atoms. The van der Waals surface area contributed by atoms with Crippen molar-refractivity contribution in [3.05, 3.63) is 23.7 Å². The summed E-state index contributed by atoms with van der Waals surface area (Å²) in [5.41, 5.74) is 0. The van der Waals surface area contributed by atoms with Crippen molar-refractivity contribution in [1.82, 2.24) is 0 Å². The number of carboxylic acids is 1. The Kier molecular flexibility index (Phi) is 2.31. The zero-order valence-electron chi connectivity index (χ0n) is 6.26. The number of furan rings is 1. The molecule has 1 heterocycles. The number of hydrogen-bond donors (Lipinski definition) is 1. The predicted octanol–water partition coefficient (Wildman–Crippen LogP) is 2.08. The third-order valence-electron chi connectivity index (χ3n) is 1.25. The van der Waals surface area contributed by atoms with E-state index in [9.17, 15) is 18.0 Å². The predicted molar refractivity (Wildman–Crippen MR) is 35.4 cm³/mol. The zero-order chi connectivity index (χ0) is 10.1. The molecule has 0 unspecified atom stereocenters. The van der Waals surface area contributed by atoms with Gasteiger partial charge in [-0.2, -0.15) is 13.2 Å². The van der Waals surface area contributed by atoms with Gasteiger partial charge in [-0.25, -0.2) is 4.79 Å². The quantitative estimate of drug-likeness (QED) is 0.784. The van der Waals surface area contributed by atoms with Gasteiger partial charge < -0.3 is 9.52 Å². The van der Waals surface area contributed by atoms with Gasteiger partial charge in [-0.1, -0.05) is 0 Å². The molecule has 0 saturated heterocycles. The summed E-state index contributed by atoms with van der Waals surface area (Å²) in [5.74, 6) is -2.27. The normalized spacial score (nSPS) is 11.6. The van der Waals surface area contributed by atoms with Crippen molar-refractivity contribution >= 4 is 5.97 Å². The standard InChI is InChI=1S/C7H5F3O3/c8-7(9,10)3-4-1-2-5(13-4)6(11)12/h1-2H,3H2,(H,11,12). The van der Waals surface area contributed by atoms with E-state index in [2.05, 4.69) is 4.42 Å². The molecule has 0 aliphatic heterocycles. The van der Waals surface area contributed by atoms with Crippen molar-refractivity contribution in [3.8, 4) is 0 Å². The second kappa shape index (κ2) is 3.12. The van der Waals surface area contributed by atoms with Crippen LogP contribution in [0.3, 0.4) is 0 Å². The zero-order valence-corrected chi connectivity index (χ0v) is 6.26. The second-order valence-corrected chi connectivity index (χ2v) is 2.36. The van der Waals surface area contributed by atoms with Crippen LogP contribution in [0, 0.1) is 0 Å². The summed E-state index contributed by atoms with van der Waals surface area (Å²) in [5, 5.41) is 8.32. The largest absolute Gasteiger partial charge is 0.475 e. The SMILES string of the molecule is O=C(O)c1ccc(CC(F)(F)F)o1. The molecule has 1 rings (SSSR count). The molecule has 1 N–H and O–H groups in total. The molecule has 6 heteroatoms. The Morgan fingerprint density at radius 3 is 2.46 bits per heavy atom. The van der Waals surface area contributed by atoms with Gasteiger partial charge >= 0.3 is 12.1 Å². The van der Waals surface area contributed by atoms with Crippen molar-refractivity contribution < 1.29 is 27.5 Å². The number of hydrogen-bond acceptors (Lipinski definition) is 2. The lowest BCUT2D eigenvalue weighted by molar-refractivity contribution is -0.130. The maximum atomic E-state index is 11.7. The van der Waals surface area contributed by atoms with Gasteiger partial charge in [0.2, 0.25) is 5.76 Å². The molecule has 1 aromatic rings. The monoisotopic (exact) mass is 194 g/mol. The molecule has 13 heavy (non-hydrogen) atoms. The molecule has 0 aromatic carbocycles. The van der Waals surface area contributed by atoms with E-state index < -0.39 is 30.1 Å². The summed E-state index contributed by atoms with van der Waals surface area (Å²) in [6.45, 7) is 0. The maximum absolute atomic E-state index is 11.7. The number of alkyl halides is 3. The van der Waals surface area contributed by atoms with Crippen LogP contribution in [0.1, 0.15) is 16.3 Å². The van der Waals surface area contributed by atoms with Crippen LogP contribution in [0.15, 0.2) is 16.5 Å². The first kappa shape index (κ1) is 9.63. The minimum Gasteiger partial charge on any atom is -0.475 e. The average Bonchev–Trinajstić information content (AvgIpc) is 2.31. The molecular weight excluding hydrogens is 189 g/mol. The summed E-state index contributed by atoms with van der Waals surface area (Å²) in [4.78, 5) is 10.2. The molecule has 0 spiro atoms. The Morgan fingerprint density at radius 2 is 2.08 bits per heavy atom. The van der Waals surface area contributed by atoms with Gasteiger partial charge in [0.15, 0.2) is 0 Å². The minimum atomic E-state index is -4.38. The van der Waals surface area contributed by atoms with Gasteiger partial charge in [-0.05, 0) is 12.1 Å². The highest BCUT2D eigenvalue weighted by Crippen LogP contribution is 2.22. The van der Waals surface area contributed by atoms with Crippen LogP contribution in [0.4, 0.5) is 13.2 Å². The van der Waals surface area contributed by atoms with Gasteiger partial charge in [-0.15, -0.1) is 0 Å². The molecule has 72 valence electrons. The first-order valence-electron chi connectivity index (χ1n) is 3.27. The van der Waals surface area contributed by atoms with Crippen molar-refractivity contribution in [2.75, 3.05) is 0 Å². The van der Waals surface area contributed by atoms with Crippen molar-refractivity contribution in [1.29, 1.82) is 0 Å².